The van der Waals surface area contributed by atoms with E-state index in [9.17, 15) is 5.11 Å². The average molecular weight is 331 g/mol. The predicted molar refractivity (Wildman–Crippen MR) is 93.3 cm³/mol. The highest BCUT2D eigenvalue weighted by Gasteiger charge is 2.30. The number of fused-ring (bicyclic) bond motifs is 1. The van der Waals surface area contributed by atoms with Gasteiger partial charge >= 0.3 is 0 Å². The summed E-state index contributed by atoms with van der Waals surface area (Å²) in [4.78, 5) is 6.55. The van der Waals surface area contributed by atoms with Gasteiger partial charge in [0.05, 0.1) is 20.3 Å². The summed E-state index contributed by atoms with van der Waals surface area (Å²) in [6, 6.07) is 8.00. The first-order valence-electron chi connectivity index (χ1n) is 8.21. The van der Waals surface area contributed by atoms with Crippen molar-refractivity contribution < 1.29 is 14.6 Å². The van der Waals surface area contributed by atoms with E-state index in [4.69, 9.17) is 9.47 Å². The second-order valence-electron chi connectivity index (χ2n) is 6.45. The van der Waals surface area contributed by atoms with E-state index < -0.39 is 5.60 Å². The molecule has 24 heavy (non-hydrogen) atoms. The zero-order valence-corrected chi connectivity index (χ0v) is 14.3. The normalized spacial score (nSPS) is 21.8. The molecule has 0 bridgehead atoms. The summed E-state index contributed by atoms with van der Waals surface area (Å²) in [5, 5.41) is 15.0. The lowest BCUT2D eigenvalue weighted by Gasteiger charge is -2.31. The van der Waals surface area contributed by atoms with Crippen molar-refractivity contribution in [2.75, 3.05) is 47.0 Å². The first-order chi connectivity index (χ1) is 11.6. The Kier molecular flexibility index (Phi) is 5.30. The standard InChI is InChI=1S/C18H25N3O3/c1-21(12-18(22)11-19-8-9-24-13-18)10-14-5-6-16(23-2)17-15(14)4-3-7-20-17/h3-7,19,22H,8-13H2,1-2H3/t18-/m1/s1. The Labute approximate surface area is 142 Å². The van der Waals surface area contributed by atoms with Crippen molar-refractivity contribution in [1.82, 2.24) is 15.2 Å². The van der Waals surface area contributed by atoms with E-state index in [1.165, 1.54) is 0 Å². The topological polar surface area (TPSA) is 66.9 Å². The first kappa shape index (κ1) is 17.1. The molecule has 1 aliphatic rings. The van der Waals surface area contributed by atoms with Crippen LogP contribution >= 0.6 is 0 Å². The van der Waals surface area contributed by atoms with Gasteiger partial charge in [-0.15, -0.1) is 0 Å². The number of hydrogen-bond donors (Lipinski definition) is 2. The lowest BCUT2D eigenvalue weighted by Crippen LogP contribution is -2.50. The van der Waals surface area contributed by atoms with Crippen LogP contribution in [0.15, 0.2) is 30.5 Å². The maximum atomic E-state index is 10.7. The summed E-state index contributed by atoms with van der Waals surface area (Å²) < 4.78 is 10.9. The minimum Gasteiger partial charge on any atom is -0.494 e. The van der Waals surface area contributed by atoms with Gasteiger partial charge in [0.2, 0.25) is 0 Å². The zero-order valence-electron chi connectivity index (χ0n) is 14.3. The fourth-order valence-electron chi connectivity index (χ4n) is 3.24. The second kappa shape index (κ2) is 7.44. The van der Waals surface area contributed by atoms with Crippen molar-refractivity contribution in [2.45, 2.75) is 12.1 Å². The molecule has 1 aromatic carbocycles. The van der Waals surface area contributed by atoms with E-state index in [0.29, 0.717) is 32.8 Å². The number of pyridine rings is 1. The van der Waals surface area contributed by atoms with Crippen molar-refractivity contribution in [2.24, 2.45) is 0 Å². The number of aromatic nitrogens is 1. The molecule has 0 spiro atoms. The van der Waals surface area contributed by atoms with Gasteiger partial charge in [-0.05, 0) is 24.7 Å². The molecule has 6 heteroatoms. The molecule has 0 amide bonds. The van der Waals surface area contributed by atoms with Gasteiger partial charge in [0.15, 0.2) is 0 Å². The molecule has 1 aliphatic heterocycles. The predicted octanol–water partition coefficient (Wildman–Crippen LogP) is 1.03. The van der Waals surface area contributed by atoms with E-state index in [0.717, 1.165) is 28.8 Å². The molecule has 0 radical (unpaired) electrons. The molecule has 1 atom stereocenters. The van der Waals surface area contributed by atoms with Crippen LogP contribution in [0.4, 0.5) is 0 Å². The molecule has 1 saturated heterocycles. The Balaban J connectivity index is 1.77. The van der Waals surface area contributed by atoms with E-state index >= 15 is 0 Å². The molecule has 2 N–H and O–H groups in total. The van der Waals surface area contributed by atoms with E-state index in [1.807, 2.05) is 19.2 Å². The molecule has 1 fully saturated rings. The van der Waals surface area contributed by atoms with Gasteiger partial charge < -0.3 is 19.9 Å². The average Bonchev–Trinajstić information content (AvgIpc) is 2.79. The first-order valence-corrected chi connectivity index (χ1v) is 8.21. The Hall–Kier alpha value is -1.73. The van der Waals surface area contributed by atoms with E-state index in [1.54, 1.807) is 13.3 Å². The third-order valence-corrected chi connectivity index (χ3v) is 4.30. The van der Waals surface area contributed by atoms with Crippen LogP contribution in [-0.4, -0.2) is 67.6 Å². The quantitative estimate of drug-likeness (QED) is 0.853. The monoisotopic (exact) mass is 331 g/mol. The van der Waals surface area contributed by atoms with Gasteiger partial charge in [-0.3, -0.25) is 9.88 Å². The summed E-state index contributed by atoms with van der Waals surface area (Å²) in [6.07, 6.45) is 1.77. The summed E-state index contributed by atoms with van der Waals surface area (Å²) in [5.41, 5.74) is 1.16. The molecule has 2 aromatic rings. The largest absolute Gasteiger partial charge is 0.494 e. The van der Waals surface area contributed by atoms with E-state index in [2.05, 4.69) is 27.3 Å². The molecule has 6 nitrogen and oxygen atoms in total. The van der Waals surface area contributed by atoms with Crippen LogP contribution in [0.5, 0.6) is 5.75 Å². The molecule has 0 aliphatic carbocycles. The molecule has 2 heterocycles. The Morgan fingerprint density at radius 1 is 1.42 bits per heavy atom. The highest BCUT2D eigenvalue weighted by molar-refractivity contribution is 5.87. The number of hydrogen-bond acceptors (Lipinski definition) is 6. The minimum absolute atomic E-state index is 0.356. The van der Waals surface area contributed by atoms with E-state index in [-0.39, 0.29) is 0 Å². The maximum absolute atomic E-state index is 10.7. The molecule has 0 unspecified atom stereocenters. The van der Waals surface area contributed by atoms with Gasteiger partial charge in [0, 0.05) is 37.8 Å². The van der Waals surface area contributed by atoms with Crippen molar-refractivity contribution >= 4 is 10.9 Å². The van der Waals surface area contributed by atoms with Gasteiger partial charge in [-0.1, -0.05) is 12.1 Å². The smallest absolute Gasteiger partial charge is 0.145 e. The van der Waals surface area contributed by atoms with Crippen LogP contribution in [0, 0.1) is 0 Å². The van der Waals surface area contributed by atoms with Crippen molar-refractivity contribution in [3.63, 3.8) is 0 Å². The number of nitrogens with one attached hydrogen (secondary N) is 1. The number of ether oxygens (including phenoxy) is 2. The third kappa shape index (κ3) is 3.84. The summed E-state index contributed by atoms with van der Waals surface area (Å²) in [6.45, 7) is 3.57. The zero-order chi connectivity index (χ0) is 17.0. The van der Waals surface area contributed by atoms with Crippen LogP contribution in [0.25, 0.3) is 10.9 Å². The number of rotatable bonds is 5. The van der Waals surface area contributed by atoms with Crippen molar-refractivity contribution in [3.8, 4) is 5.75 Å². The molecule has 1 aromatic heterocycles. The number of β-amino-alcohol motifs (C(OH)–C–C–N with tert-alkyl or cyclic N) is 1. The van der Waals surface area contributed by atoms with Gasteiger partial charge in [-0.25, -0.2) is 0 Å². The SMILES string of the molecule is COc1ccc(CN(C)C[C@]2(O)CNCCOC2)c2cccnc12. The van der Waals surface area contributed by atoms with Crippen molar-refractivity contribution in [1.29, 1.82) is 0 Å². The maximum Gasteiger partial charge on any atom is 0.145 e. The summed E-state index contributed by atoms with van der Waals surface area (Å²) >= 11 is 0. The van der Waals surface area contributed by atoms with Gasteiger partial charge in [-0.2, -0.15) is 0 Å². The number of likely N-dealkylation sites (N-methyl/N-ethyl adjacent to an activating group) is 1. The Morgan fingerprint density at radius 2 is 2.29 bits per heavy atom. The number of methoxy groups -OCH3 is 1. The highest BCUT2D eigenvalue weighted by atomic mass is 16.5. The van der Waals surface area contributed by atoms with Gasteiger partial charge in [0.1, 0.15) is 16.9 Å². The number of aliphatic hydroxyl groups is 1. The molecular formula is C18H25N3O3. The molecule has 3 rings (SSSR count). The highest BCUT2D eigenvalue weighted by Crippen LogP contribution is 2.27. The van der Waals surface area contributed by atoms with Crippen molar-refractivity contribution in [3.05, 3.63) is 36.0 Å². The fraction of sp³-hybridized carbons (Fsp3) is 0.500. The summed E-state index contributed by atoms with van der Waals surface area (Å²) in [7, 11) is 3.67. The second-order valence-corrected chi connectivity index (χ2v) is 6.45. The van der Waals surface area contributed by atoms with Crippen LogP contribution in [0.2, 0.25) is 0 Å². The van der Waals surface area contributed by atoms with Crippen LogP contribution < -0.4 is 10.1 Å². The van der Waals surface area contributed by atoms with Crippen LogP contribution in [0.3, 0.4) is 0 Å². The lowest BCUT2D eigenvalue weighted by molar-refractivity contribution is -0.0461. The number of nitrogens with zero attached hydrogens (tertiary/aromatic N) is 2. The third-order valence-electron chi connectivity index (χ3n) is 4.30. The number of benzene rings is 1. The molecule has 130 valence electrons. The lowest BCUT2D eigenvalue weighted by atomic mass is 10.0. The minimum atomic E-state index is -0.869. The molecule has 0 saturated carbocycles. The van der Waals surface area contributed by atoms with Gasteiger partial charge in [0.25, 0.3) is 0 Å². The van der Waals surface area contributed by atoms with Crippen LogP contribution in [-0.2, 0) is 11.3 Å². The Morgan fingerprint density at radius 3 is 3.12 bits per heavy atom. The van der Waals surface area contributed by atoms with Crippen LogP contribution in [0.1, 0.15) is 5.56 Å². The Bertz CT molecular complexity index is 684. The fourth-order valence-corrected chi connectivity index (χ4v) is 3.24. The molecular weight excluding hydrogens is 306 g/mol. The summed E-state index contributed by atoms with van der Waals surface area (Å²) in [5.74, 6) is 0.775.